The molecule has 1 amide bonds. The van der Waals surface area contributed by atoms with Crippen molar-refractivity contribution in [3.05, 3.63) is 59.4 Å². The van der Waals surface area contributed by atoms with E-state index in [2.05, 4.69) is 5.32 Å². The topological polar surface area (TPSA) is 47.6 Å². The maximum Gasteiger partial charge on any atom is 0.251 e. The third kappa shape index (κ3) is 3.55. The zero-order valence-corrected chi connectivity index (χ0v) is 12.7. The first-order valence-corrected chi connectivity index (χ1v) is 6.83. The lowest BCUT2D eigenvalue weighted by Crippen LogP contribution is -2.26. The molecule has 0 aromatic heterocycles. The lowest BCUT2D eigenvalue weighted by molar-refractivity contribution is 0.0939. The molecule has 5 heteroatoms. The molecule has 2 rings (SSSR count). The fourth-order valence-electron chi connectivity index (χ4n) is 2.06. The van der Waals surface area contributed by atoms with Crippen LogP contribution in [-0.2, 0) is 0 Å². The number of hydrogen-bond acceptors (Lipinski definition) is 3. The van der Waals surface area contributed by atoms with Gasteiger partial charge in [0.25, 0.3) is 5.91 Å². The molecule has 116 valence electrons. The number of carbonyl (C=O) groups is 1. The van der Waals surface area contributed by atoms with Gasteiger partial charge in [0.15, 0.2) is 11.6 Å². The molecule has 0 fully saturated rings. The third-order valence-corrected chi connectivity index (χ3v) is 3.38. The zero-order chi connectivity index (χ0) is 16.1. The van der Waals surface area contributed by atoms with E-state index in [-0.39, 0.29) is 23.3 Å². The van der Waals surface area contributed by atoms with E-state index in [4.69, 9.17) is 9.47 Å². The molecule has 0 unspecified atom stereocenters. The van der Waals surface area contributed by atoms with Crippen molar-refractivity contribution in [1.82, 2.24) is 5.32 Å². The molecule has 0 radical (unpaired) electrons. The fraction of sp³-hybridized carbons (Fsp3) is 0.235. The maximum atomic E-state index is 13.6. The van der Waals surface area contributed by atoms with Crippen LogP contribution in [0, 0.1) is 5.82 Å². The van der Waals surface area contributed by atoms with Crippen molar-refractivity contribution in [3.8, 4) is 11.5 Å². The van der Waals surface area contributed by atoms with E-state index in [0.29, 0.717) is 0 Å². The molecular formula is C17H18FNO3. The Morgan fingerprint density at radius 2 is 1.77 bits per heavy atom. The highest BCUT2D eigenvalue weighted by atomic mass is 19.1. The largest absolute Gasteiger partial charge is 0.497 e. The highest BCUT2D eigenvalue weighted by molar-refractivity contribution is 5.94. The van der Waals surface area contributed by atoms with E-state index < -0.39 is 5.82 Å². The van der Waals surface area contributed by atoms with Crippen LogP contribution in [0.1, 0.15) is 28.9 Å². The molecule has 2 aromatic rings. The van der Waals surface area contributed by atoms with Gasteiger partial charge < -0.3 is 14.8 Å². The summed E-state index contributed by atoms with van der Waals surface area (Å²) in [6.45, 7) is 1.86. The Kier molecular flexibility index (Phi) is 4.99. The van der Waals surface area contributed by atoms with Gasteiger partial charge in [0.2, 0.25) is 0 Å². The predicted octanol–water partition coefficient (Wildman–Crippen LogP) is 3.33. The number of methoxy groups -OCH3 is 2. The first-order valence-electron chi connectivity index (χ1n) is 6.83. The molecule has 4 nitrogen and oxygen atoms in total. The number of benzene rings is 2. The van der Waals surface area contributed by atoms with Gasteiger partial charge in [-0.15, -0.1) is 0 Å². The predicted molar refractivity (Wildman–Crippen MR) is 81.8 cm³/mol. The molecule has 0 saturated heterocycles. The van der Waals surface area contributed by atoms with Crippen molar-refractivity contribution < 1.29 is 18.7 Å². The molecule has 0 aliphatic carbocycles. The average molecular weight is 303 g/mol. The summed E-state index contributed by atoms with van der Waals surface area (Å²) in [4.78, 5) is 12.2. The van der Waals surface area contributed by atoms with Gasteiger partial charge in [0.1, 0.15) is 5.75 Å². The molecule has 0 bridgehead atoms. The monoisotopic (exact) mass is 303 g/mol. The summed E-state index contributed by atoms with van der Waals surface area (Å²) in [6, 6.07) is 11.3. The number of carbonyl (C=O) groups excluding carboxylic acids is 1. The van der Waals surface area contributed by atoms with Crippen molar-refractivity contribution in [3.63, 3.8) is 0 Å². The lowest BCUT2D eigenvalue weighted by atomic mass is 10.1. The Labute approximate surface area is 128 Å². The fourth-order valence-corrected chi connectivity index (χ4v) is 2.06. The van der Waals surface area contributed by atoms with Crippen molar-refractivity contribution in [1.29, 1.82) is 0 Å². The van der Waals surface area contributed by atoms with Crippen LogP contribution in [0.25, 0.3) is 0 Å². The standard InChI is InChI=1S/C17H18FNO3/c1-11(12-4-7-14(21-2)8-5-12)19-17(20)13-6-9-16(22-3)15(18)10-13/h4-11H,1-3H3,(H,19,20)/t11-/m0/s1. The SMILES string of the molecule is COc1ccc([C@H](C)NC(=O)c2ccc(OC)c(F)c2)cc1. The van der Waals surface area contributed by atoms with Crippen LogP contribution in [-0.4, -0.2) is 20.1 Å². The van der Waals surface area contributed by atoms with Crippen LogP contribution < -0.4 is 14.8 Å². The van der Waals surface area contributed by atoms with Crippen LogP contribution in [0.3, 0.4) is 0 Å². The van der Waals surface area contributed by atoms with Gasteiger partial charge in [-0.05, 0) is 42.8 Å². The van der Waals surface area contributed by atoms with E-state index in [9.17, 15) is 9.18 Å². The Bertz CT molecular complexity index is 655. The van der Waals surface area contributed by atoms with Crippen molar-refractivity contribution in [2.24, 2.45) is 0 Å². The first kappa shape index (κ1) is 15.8. The van der Waals surface area contributed by atoms with Gasteiger partial charge >= 0.3 is 0 Å². The molecule has 0 aliphatic heterocycles. The van der Waals surface area contributed by atoms with Gasteiger partial charge in [0, 0.05) is 5.56 Å². The second kappa shape index (κ2) is 6.93. The third-order valence-electron chi connectivity index (χ3n) is 3.38. The van der Waals surface area contributed by atoms with Crippen LogP contribution in [0.4, 0.5) is 4.39 Å². The molecule has 1 N–H and O–H groups in total. The van der Waals surface area contributed by atoms with E-state index in [0.717, 1.165) is 17.4 Å². The summed E-state index contributed by atoms with van der Waals surface area (Å²) >= 11 is 0. The zero-order valence-electron chi connectivity index (χ0n) is 12.7. The molecule has 1 atom stereocenters. The maximum absolute atomic E-state index is 13.6. The smallest absolute Gasteiger partial charge is 0.251 e. The Morgan fingerprint density at radius 1 is 1.09 bits per heavy atom. The minimum absolute atomic E-state index is 0.111. The van der Waals surface area contributed by atoms with Crippen LogP contribution >= 0.6 is 0 Å². The second-order valence-electron chi connectivity index (χ2n) is 4.82. The van der Waals surface area contributed by atoms with Gasteiger partial charge in [-0.2, -0.15) is 0 Å². The minimum atomic E-state index is -0.563. The van der Waals surface area contributed by atoms with Crippen LogP contribution in [0.15, 0.2) is 42.5 Å². The lowest BCUT2D eigenvalue weighted by Gasteiger charge is -2.15. The average Bonchev–Trinajstić information content (AvgIpc) is 2.54. The molecule has 2 aromatic carbocycles. The Balaban J connectivity index is 2.08. The Morgan fingerprint density at radius 3 is 2.32 bits per heavy atom. The first-order chi connectivity index (χ1) is 10.5. The van der Waals surface area contributed by atoms with Gasteiger partial charge in [-0.25, -0.2) is 4.39 Å². The van der Waals surface area contributed by atoms with Gasteiger partial charge in [0.05, 0.1) is 20.3 Å². The van der Waals surface area contributed by atoms with Crippen molar-refractivity contribution >= 4 is 5.91 Å². The number of rotatable bonds is 5. The highest BCUT2D eigenvalue weighted by Gasteiger charge is 2.13. The number of nitrogens with one attached hydrogen (secondary N) is 1. The summed E-state index contributed by atoms with van der Waals surface area (Å²) in [6.07, 6.45) is 0. The van der Waals surface area contributed by atoms with Crippen molar-refractivity contribution in [2.45, 2.75) is 13.0 Å². The normalized spacial score (nSPS) is 11.6. The van der Waals surface area contributed by atoms with Gasteiger partial charge in [-0.1, -0.05) is 12.1 Å². The summed E-state index contributed by atoms with van der Waals surface area (Å²) < 4.78 is 23.6. The minimum Gasteiger partial charge on any atom is -0.497 e. The summed E-state index contributed by atoms with van der Waals surface area (Å²) in [7, 11) is 2.97. The molecule has 0 saturated carbocycles. The van der Waals surface area contributed by atoms with E-state index in [1.807, 2.05) is 31.2 Å². The van der Waals surface area contributed by atoms with Crippen LogP contribution in [0.2, 0.25) is 0 Å². The van der Waals surface area contributed by atoms with E-state index >= 15 is 0 Å². The molecular weight excluding hydrogens is 285 g/mol. The van der Waals surface area contributed by atoms with Crippen molar-refractivity contribution in [2.75, 3.05) is 14.2 Å². The summed E-state index contributed by atoms with van der Waals surface area (Å²) in [5.41, 5.74) is 1.18. The van der Waals surface area contributed by atoms with Crippen LogP contribution in [0.5, 0.6) is 11.5 Å². The highest BCUT2D eigenvalue weighted by Crippen LogP contribution is 2.20. The quantitative estimate of drug-likeness (QED) is 0.921. The second-order valence-corrected chi connectivity index (χ2v) is 4.82. The molecule has 0 spiro atoms. The molecule has 0 aliphatic rings. The molecule has 22 heavy (non-hydrogen) atoms. The van der Waals surface area contributed by atoms with E-state index in [1.165, 1.54) is 19.2 Å². The number of ether oxygens (including phenoxy) is 2. The van der Waals surface area contributed by atoms with Gasteiger partial charge in [-0.3, -0.25) is 4.79 Å². The number of halogens is 1. The summed E-state index contributed by atoms with van der Waals surface area (Å²) in [5, 5.41) is 2.83. The van der Waals surface area contributed by atoms with E-state index in [1.54, 1.807) is 7.11 Å². The number of hydrogen-bond donors (Lipinski definition) is 1. The molecule has 0 heterocycles. The summed E-state index contributed by atoms with van der Waals surface area (Å²) in [5.74, 6) is -0.0450. The Hall–Kier alpha value is -2.56. The number of amides is 1.